The number of rotatable bonds is 5. The van der Waals surface area contributed by atoms with Crippen LogP contribution in [0.5, 0.6) is 0 Å². The molecule has 92 valence electrons. The number of aliphatic carboxylic acids is 1. The molecular formula is C11H13BrN2O3. The van der Waals surface area contributed by atoms with Crippen LogP contribution in [0.2, 0.25) is 0 Å². The lowest BCUT2D eigenvalue weighted by Crippen LogP contribution is -2.33. The molecule has 0 aliphatic carbocycles. The summed E-state index contributed by atoms with van der Waals surface area (Å²) in [5, 5.41) is 11.2. The Bertz CT molecular complexity index is 423. The maximum absolute atomic E-state index is 11.7. The highest BCUT2D eigenvalue weighted by atomic mass is 79.9. The Balaban J connectivity index is 2.51. The van der Waals surface area contributed by atoms with Crippen LogP contribution in [0, 0.1) is 0 Å². The number of nitrogens with zero attached hydrogens (tertiary/aromatic N) is 1. The predicted molar refractivity (Wildman–Crippen MR) is 65.7 cm³/mol. The van der Waals surface area contributed by atoms with Crippen LogP contribution in [0.15, 0.2) is 22.8 Å². The largest absolute Gasteiger partial charge is 0.481 e. The molecule has 1 rings (SSSR count). The molecule has 0 aliphatic rings. The molecule has 1 atom stereocenters. The third-order valence-electron chi connectivity index (χ3n) is 2.12. The van der Waals surface area contributed by atoms with Crippen molar-refractivity contribution in [3.05, 3.63) is 28.5 Å². The van der Waals surface area contributed by atoms with E-state index in [0.717, 1.165) is 0 Å². The minimum atomic E-state index is -0.869. The highest BCUT2D eigenvalue weighted by Gasteiger charge is 2.12. The fourth-order valence-electron chi connectivity index (χ4n) is 1.24. The van der Waals surface area contributed by atoms with Crippen LogP contribution in [0.3, 0.4) is 0 Å². The molecule has 1 aromatic heterocycles. The van der Waals surface area contributed by atoms with Crippen LogP contribution >= 0.6 is 15.9 Å². The van der Waals surface area contributed by atoms with Gasteiger partial charge in [0, 0.05) is 12.5 Å². The number of aromatic nitrogens is 1. The average Bonchev–Trinajstić information content (AvgIpc) is 2.26. The second-order valence-electron chi connectivity index (χ2n) is 3.65. The van der Waals surface area contributed by atoms with Gasteiger partial charge in [-0.1, -0.05) is 6.07 Å². The van der Waals surface area contributed by atoms with Gasteiger partial charge in [-0.3, -0.25) is 9.59 Å². The monoisotopic (exact) mass is 300 g/mol. The highest BCUT2D eigenvalue weighted by Crippen LogP contribution is 2.06. The van der Waals surface area contributed by atoms with Gasteiger partial charge in [0.2, 0.25) is 0 Å². The van der Waals surface area contributed by atoms with Crippen LogP contribution in [-0.2, 0) is 4.79 Å². The van der Waals surface area contributed by atoms with E-state index in [1.54, 1.807) is 25.1 Å². The number of hydrogen-bond donors (Lipinski definition) is 2. The van der Waals surface area contributed by atoms with Crippen molar-refractivity contribution < 1.29 is 14.7 Å². The quantitative estimate of drug-likeness (QED) is 0.813. The third kappa shape index (κ3) is 4.95. The van der Waals surface area contributed by atoms with Crippen molar-refractivity contribution in [2.45, 2.75) is 25.8 Å². The zero-order valence-corrected chi connectivity index (χ0v) is 10.9. The normalized spacial score (nSPS) is 11.9. The number of pyridine rings is 1. The van der Waals surface area contributed by atoms with Crippen molar-refractivity contribution in [2.24, 2.45) is 0 Å². The van der Waals surface area contributed by atoms with Crippen LogP contribution in [0.25, 0.3) is 0 Å². The summed E-state index contributed by atoms with van der Waals surface area (Å²) in [5.41, 5.74) is 0.307. The molecule has 1 aromatic rings. The van der Waals surface area contributed by atoms with Crippen molar-refractivity contribution >= 4 is 27.8 Å². The van der Waals surface area contributed by atoms with E-state index in [4.69, 9.17) is 5.11 Å². The van der Waals surface area contributed by atoms with Crippen LogP contribution in [-0.4, -0.2) is 28.0 Å². The van der Waals surface area contributed by atoms with Gasteiger partial charge in [-0.15, -0.1) is 0 Å². The van der Waals surface area contributed by atoms with Crippen molar-refractivity contribution in [2.75, 3.05) is 0 Å². The molecule has 0 saturated heterocycles. The van der Waals surface area contributed by atoms with Gasteiger partial charge in [0.15, 0.2) is 0 Å². The number of amides is 1. The standard InChI is InChI=1S/C11H13BrN2O3/c1-7(5-6-10(15)16)13-11(17)8-3-2-4-9(12)14-8/h2-4,7H,5-6H2,1H3,(H,13,17)(H,15,16). The van der Waals surface area contributed by atoms with Crippen LogP contribution < -0.4 is 5.32 Å². The summed E-state index contributed by atoms with van der Waals surface area (Å²) < 4.78 is 0.586. The summed E-state index contributed by atoms with van der Waals surface area (Å²) in [7, 11) is 0. The minimum absolute atomic E-state index is 0.0351. The number of nitrogens with one attached hydrogen (secondary N) is 1. The molecule has 17 heavy (non-hydrogen) atoms. The van der Waals surface area contributed by atoms with E-state index in [0.29, 0.717) is 16.7 Å². The van der Waals surface area contributed by atoms with Gasteiger partial charge < -0.3 is 10.4 Å². The fraction of sp³-hybridized carbons (Fsp3) is 0.364. The Morgan fingerprint density at radius 1 is 1.53 bits per heavy atom. The number of hydrogen-bond acceptors (Lipinski definition) is 3. The van der Waals surface area contributed by atoms with Crippen molar-refractivity contribution in [3.63, 3.8) is 0 Å². The first-order valence-corrected chi connectivity index (χ1v) is 5.93. The van der Waals surface area contributed by atoms with Crippen molar-refractivity contribution in [1.29, 1.82) is 0 Å². The molecular weight excluding hydrogens is 288 g/mol. The molecule has 2 N–H and O–H groups in total. The average molecular weight is 301 g/mol. The molecule has 1 amide bonds. The first kappa shape index (κ1) is 13.6. The number of halogens is 1. The van der Waals surface area contributed by atoms with Crippen LogP contribution in [0.1, 0.15) is 30.3 Å². The molecule has 0 radical (unpaired) electrons. The first-order valence-electron chi connectivity index (χ1n) is 5.14. The van der Waals surface area contributed by atoms with Crippen molar-refractivity contribution in [1.82, 2.24) is 10.3 Å². The Hall–Kier alpha value is -1.43. The molecule has 5 nitrogen and oxygen atoms in total. The second-order valence-corrected chi connectivity index (χ2v) is 4.46. The Morgan fingerprint density at radius 3 is 2.82 bits per heavy atom. The summed E-state index contributed by atoms with van der Waals surface area (Å²) in [6.07, 6.45) is 0.433. The van der Waals surface area contributed by atoms with Gasteiger partial charge in [-0.25, -0.2) is 4.98 Å². The molecule has 0 bridgehead atoms. The van der Waals surface area contributed by atoms with Crippen molar-refractivity contribution in [3.8, 4) is 0 Å². The Morgan fingerprint density at radius 2 is 2.24 bits per heavy atom. The SMILES string of the molecule is CC(CCC(=O)O)NC(=O)c1cccc(Br)n1. The number of carbonyl (C=O) groups is 2. The molecule has 1 unspecified atom stereocenters. The number of carboxylic acid groups (broad SMARTS) is 1. The maximum atomic E-state index is 11.7. The summed E-state index contributed by atoms with van der Waals surface area (Å²) in [6.45, 7) is 1.76. The lowest BCUT2D eigenvalue weighted by Gasteiger charge is -2.12. The summed E-state index contributed by atoms with van der Waals surface area (Å²) in [4.78, 5) is 26.1. The molecule has 6 heteroatoms. The smallest absolute Gasteiger partial charge is 0.303 e. The Labute approximate surface area is 107 Å². The minimum Gasteiger partial charge on any atom is -0.481 e. The molecule has 0 saturated carbocycles. The Kier molecular flexibility index (Phi) is 5.09. The van der Waals surface area contributed by atoms with E-state index in [-0.39, 0.29) is 18.4 Å². The molecule has 0 fully saturated rings. The lowest BCUT2D eigenvalue weighted by molar-refractivity contribution is -0.137. The topological polar surface area (TPSA) is 79.3 Å². The van der Waals surface area contributed by atoms with E-state index in [2.05, 4.69) is 26.2 Å². The zero-order chi connectivity index (χ0) is 12.8. The fourth-order valence-corrected chi connectivity index (χ4v) is 1.59. The van der Waals surface area contributed by atoms with E-state index in [9.17, 15) is 9.59 Å². The third-order valence-corrected chi connectivity index (χ3v) is 2.56. The van der Waals surface area contributed by atoms with E-state index in [1.807, 2.05) is 0 Å². The van der Waals surface area contributed by atoms with Gasteiger partial charge >= 0.3 is 5.97 Å². The summed E-state index contributed by atoms with van der Waals surface area (Å²) in [5.74, 6) is -1.17. The number of carbonyl (C=O) groups excluding carboxylic acids is 1. The van der Waals surface area contributed by atoms with E-state index >= 15 is 0 Å². The van der Waals surface area contributed by atoms with E-state index in [1.165, 1.54) is 0 Å². The maximum Gasteiger partial charge on any atom is 0.303 e. The van der Waals surface area contributed by atoms with Gasteiger partial charge in [0.25, 0.3) is 5.91 Å². The van der Waals surface area contributed by atoms with Gasteiger partial charge in [-0.05, 0) is 41.4 Å². The summed E-state index contributed by atoms with van der Waals surface area (Å²) >= 11 is 3.18. The van der Waals surface area contributed by atoms with Crippen LogP contribution in [0.4, 0.5) is 0 Å². The lowest BCUT2D eigenvalue weighted by atomic mass is 10.2. The van der Waals surface area contributed by atoms with Gasteiger partial charge in [-0.2, -0.15) is 0 Å². The summed E-state index contributed by atoms with van der Waals surface area (Å²) in [6, 6.07) is 4.85. The second kappa shape index (κ2) is 6.34. The van der Waals surface area contributed by atoms with Gasteiger partial charge in [0.05, 0.1) is 0 Å². The highest BCUT2D eigenvalue weighted by molar-refractivity contribution is 9.10. The number of carboxylic acids is 1. The first-order chi connectivity index (χ1) is 7.99. The predicted octanol–water partition coefficient (Wildman–Crippen LogP) is 1.83. The molecule has 0 spiro atoms. The van der Waals surface area contributed by atoms with Gasteiger partial charge in [0.1, 0.15) is 10.3 Å². The molecule has 1 heterocycles. The zero-order valence-electron chi connectivity index (χ0n) is 9.31. The molecule has 0 aliphatic heterocycles. The molecule has 0 aromatic carbocycles. The van der Waals surface area contributed by atoms with E-state index < -0.39 is 5.97 Å².